The van der Waals surface area contributed by atoms with Gasteiger partial charge in [-0.15, -0.1) is 0 Å². The monoisotopic (exact) mass is 273 g/mol. The molecule has 2 rings (SSSR count). The first kappa shape index (κ1) is 13.9. The fourth-order valence-corrected chi connectivity index (χ4v) is 1.84. The molecule has 1 heterocycles. The molecule has 0 spiro atoms. The fraction of sp³-hybridized carbons (Fsp3) is 0.200. The summed E-state index contributed by atoms with van der Waals surface area (Å²) in [5.41, 5.74) is 0.180. The third-order valence-corrected chi connectivity index (χ3v) is 2.70. The zero-order valence-electron chi connectivity index (χ0n) is 11.2. The Morgan fingerprint density at radius 2 is 2.15 bits per heavy atom. The van der Waals surface area contributed by atoms with E-state index in [4.69, 9.17) is 9.57 Å². The Morgan fingerprint density at radius 3 is 2.85 bits per heavy atom. The van der Waals surface area contributed by atoms with Crippen LogP contribution in [-0.2, 0) is 4.74 Å². The largest absolute Gasteiger partial charge is 0.462 e. The molecule has 0 saturated carbocycles. The van der Waals surface area contributed by atoms with E-state index in [9.17, 15) is 9.59 Å². The number of aromatic nitrogens is 1. The van der Waals surface area contributed by atoms with Crippen LogP contribution < -0.4 is 10.3 Å². The van der Waals surface area contributed by atoms with Crippen molar-refractivity contribution >= 4 is 16.9 Å². The van der Waals surface area contributed by atoms with Crippen LogP contribution in [0.25, 0.3) is 10.9 Å². The highest BCUT2D eigenvalue weighted by atomic mass is 16.7. The second-order valence-electron chi connectivity index (χ2n) is 4.02. The normalized spacial score (nSPS) is 10.2. The van der Waals surface area contributed by atoms with Crippen molar-refractivity contribution in [1.82, 2.24) is 4.73 Å². The van der Waals surface area contributed by atoms with E-state index in [1.165, 1.54) is 10.9 Å². The molecule has 0 fully saturated rings. The second-order valence-corrected chi connectivity index (χ2v) is 4.02. The van der Waals surface area contributed by atoms with E-state index >= 15 is 0 Å². The van der Waals surface area contributed by atoms with Gasteiger partial charge >= 0.3 is 5.97 Å². The first-order valence-electron chi connectivity index (χ1n) is 6.24. The number of pyridine rings is 1. The average Bonchev–Trinajstić information content (AvgIpc) is 2.47. The number of carbonyl (C=O) groups is 1. The number of benzene rings is 1. The van der Waals surface area contributed by atoms with Crippen LogP contribution >= 0.6 is 0 Å². The van der Waals surface area contributed by atoms with Crippen molar-refractivity contribution in [2.24, 2.45) is 0 Å². The van der Waals surface area contributed by atoms with Gasteiger partial charge in [0.05, 0.1) is 18.3 Å². The Labute approximate surface area is 116 Å². The van der Waals surface area contributed by atoms with E-state index in [2.05, 4.69) is 6.58 Å². The summed E-state index contributed by atoms with van der Waals surface area (Å²) in [4.78, 5) is 29.5. The van der Waals surface area contributed by atoms with E-state index in [0.29, 0.717) is 10.9 Å². The average molecular weight is 273 g/mol. The minimum Gasteiger partial charge on any atom is -0.462 e. The Hall–Kier alpha value is -2.56. The predicted octanol–water partition coefficient (Wildman–Crippen LogP) is 1.79. The molecule has 0 aliphatic rings. The van der Waals surface area contributed by atoms with Crippen molar-refractivity contribution < 1.29 is 14.4 Å². The molecule has 104 valence electrons. The highest BCUT2D eigenvalue weighted by molar-refractivity contribution is 5.93. The molecule has 20 heavy (non-hydrogen) atoms. The number of hydrogen-bond donors (Lipinski definition) is 0. The van der Waals surface area contributed by atoms with E-state index in [1.807, 2.05) is 0 Å². The van der Waals surface area contributed by atoms with Gasteiger partial charge in [-0.2, -0.15) is 4.73 Å². The summed E-state index contributed by atoms with van der Waals surface area (Å²) in [5.74, 6) is -0.654. The molecule has 0 N–H and O–H groups in total. The molecule has 5 nitrogen and oxygen atoms in total. The van der Waals surface area contributed by atoms with Gasteiger partial charge in [0.15, 0.2) is 0 Å². The summed E-state index contributed by atoms with van der Waals surface area (Å²) in [6.07, 6.45) is 2.93. The summed E-state index contributed by atoms with van der Waals surface area (Å²) in [6.45, 7) is 5.72. The third kappa shape index (κ3) is 2.56. The Balaban J connectivity index is 2.64. The maximum Gasteiger partial charge on any atom is 0.343 e. The predicted molar refractivity (Wildman–Crippen MR) is 75.8 cm³/mol. The van der Waals surface area contributed by atoms with E-state index in [0.717, 1.165) is 0 Å². The molecule has 1 aromatic heterocycles. The molecule has 2 aromatic rings. The summed E-state index contributed by atoms with van der Waals surface area (Å²) in [5, 5.41) is 0.405. The van der Waals surface area contributed by atoms with Crippen molar-refractivity contribution in [3.05, 3.63) is 58.9 Å². The maximum atomic E-state index is 12.3. The van der Waals surface area contributed by atoms with Gasteiger partial charge in [-0.25, -0.2) is 4.79 Å². The number of esters is 1. The van der Waals surface area contributed by atoms with Gasteiger partial charge in [-0.3, -0.25) is 4.79 Å². The molecule has 0 bridgehead atoms. The van der Waals surface area contributed by atoms with Gasteiger partial charge in [0.2, 0.25) is 5.43 Å². The smallest absolute Gasteiger partial charge is 0.343 e. The van der Waals surface area contributed by atoms with Gasteiger partial charge in [-0.05, 0) is 19.1 Å². The van der Waals surface area contributed by atoms with Crippen LogP contribution in [0.4, 0.5) is 0 Å². The Kier molecular flexibility index (Phi) is 4.20. The van der Waals surface area contributed by atoms with Gasteiger partial charge in [-0.1, -0.05) is 24.8 Å². The van der Waals surface area contributed by atoms with Crippen LogP contribution in [0.2, 0.25) is 0 Å². The lowest BCUT2D eigenvalue weighted by Gasteiger charge is -2.12. The van der Waals surface area contributed by atoms with Crippen molar-refractivity contribution in [2.75, 3.05) is 13.2 Å². The summed E-state index contributed by atoms with van der Waals surface area (Å²) in [7, 11) is 0. The molecule has 0 radical (unpaired) electrons. The molecule has 1 aromatic carbocycles. The van der Waals surface area contributed by atoms with Crippen molar-refractivity contribution in [2.45, 2.75) is 6.92 Å². The van der Waals surface area contributed by atoms with E-state index in [1.54, 1.807) is 37.3 Å². The summed E-state index contributed by atoms with van der Waals surface area (Å²) < 4.78 is 6.28. The Morgan fingerprint density at radius 1 is 1.40 bits per heavy atom. The standard InChI is InChI=1S/C15H15NO4/c1-3-9-20-16-10-12(15(18)19-4-2)14(17)11-7-5-6-8-13(11)16/h3,5-8,10H,1,4,9H2,2H3. The lowest BCUT2D eigenvalue weighted by molar-refractivity contribution is 0.0519. The molecule has 0 aliphatic heterocycles. The van der Waals surface area contributed by atoms with Gasteiger partial charge in [0.25, 0.3) is 0 Å². The fourth-order valence-electron chi connectivity index (χ4n) is 1.84. The number of para-hydroxylation sites is 1. The summed E-state index contributed by atoms with van der Waals surface area (Å²) >= 11 is 0. The molecular formula is C15H15NO4. The lowest BCUT2D eigenvalue weighted by atomic mass is 10.1. The SMILES string of the molecule is C=CCOn1cc(C(=O)OCC)c(=O)c2ccccc21. The number of nitrogens with zero attached hydrogens (tertiary/aromatic N) is 1. The molecule has 0 amide bonds. The summed E-state index contributed by atoms with van der Waals surface area (Å²) in [6, 6.07) is 6.92. The van der Waals surface area contributed by atoms with Crippen LogP contribution in [-0.4, -0.2) is 23.9 Å². The first-order chi connectivity index (χ1) is 9.69. The van der Waals surface area contributed by atoms with Gasteiger partial charge in [0, 0.05) is 5.39 Å². The van der Waals surface area contributed by atoms with E-state index < -0.39 is 5.97 Å². The highest BCUT2D eigenvalue weighted by Crippen LogP contribution is 2.11. The zero-order chi connectivity index (χ0) is 14.5. The minimum atomic E-state index is -0.654. The van der Waals surface area contributed by atoms with Crippen LogP contribution in [0.3, 0.4) is 0 Å². The number of fused-ring (bicyclic) bond motifs is 1. The minimum absolute atomic E-state index is 0.0467. The Bertz CT molecular complexity index is 703. The van der Waals surface area contributed by atoms with Crippen LogP contribution in [0, 0.1) is 0 Å². The zero-order valence-corrected chi connectivity index (χ0v) is 11.2. The van der Waals surface area contributed by atoms with Gasteiger partial charge < -0.3 is 9.57 Å². The van der Waals surface area contributed by atoms with Gasteiger partial charge in [0.1, 0.15) is 12.2 Å². The topological polar surface area (TPSA) is 57.5 Å². The quantitative estimate of drug-likeness (QED) is 0.615. The maximum absolute atomic E-state index is 12.3. The molecule has 0 saturated heterocycles. The molecule has 0 atom stereocenters. The van der Waals surface area contributed by atoms with E-state index in [-0.39, 0.29) is 24.2 Å². The highest BCUT2D eigenvalue weighted by Gasteiger charge is 2.16. The van der Waals surface area contributed by atoms with Crippen molar-refractivity contribution in [3.8, 4) is 0 Å². The van der Waals surface area contributed by atoms with Crippen LogP contribution in [0.1, 0.15) is 17.3 Å². The van der Waals surface area contributed by atoms with Crippen LogP contribution in [0.5, 0.6) is 0 Å². The van der Waals surface area contributed by atoms with Crippen LogP contribution in [0.15, 0.2) is 47.9 Å². The molecule has 0 aliphatic carbocycles. The number of ether oxygens (including phenoxy) is 1. The first-order valence-corrected chi connectivity index (χ1v) is 6.24. The second kappa shape index (κ2) is 6.06. The number of rotatable bonds is 5. The molecular weight excluding hydrogens is 258 g/mol. The molecule has 5 heteroatoms. The van der Waals surface area contributed by atoms with Crippen molar-refractivity contribution in [1.29, 1.82) is 0 Å². The third-order valence-electron chi connectivity index (χ3n) is 2.70. The number of hydrogen-bond acceptors (Lipinski definition) is 4. The molecule has 0 unspecified atom stereocenters. The number of carbonyl (C=O) groups excluding carboxylic acids is 1. The lowest BCUT2D eigenvalue weighted by Crippen LogP contribution is -2.23. The van der Waals surface area contributed by atoms with Crippen molar-refractivity contribution in [3.63, 3.8) is 0 Å².